The molecule has 1 unspecified atom stereocenters. The van der Waals surface area contributed by atoms with Crippen LogP contribution < -0.4 is 11.3 Å². The lowest BCUT2D eigenvalue weighted by atomic mass is 9.98. The molecular weight excluding hydrogens is 281 g/mol. The Morgan fingerprint density at radius 2 is 1.81 bits per heavy atom. The van der Waals surface area contributed by atoms with Crippen LogP contribution in [-0.4, -0.2) is 25.4 Å². The van der Waals surface area contributed by atoms with E-state index in [-0.39, 0.29) is 12.6 Å². The summed E-state index contributed by atoms with van der Waals surface area (Å²) >= 11 is 0. The highest BCUT2D eigenvalue weighted by atomic mass is 19.4. The van der Waals surface area contributed by atoms with Crippen molar-refractivity contribution in [1.82, 2.24) is 5.43 Å². The van der Waals surface area contributed by atoms with Crippen LogP contribution in [0.15, 0.2) is 24.3 Å². The number of benzene rings is 1. The topological polar surface area (TPSA) is 47.3 Å². The molecule has 0 fully saturated rings. The minimum absolute atomic E-state index is 0.0262. The molecule has 0 aliphatic carbocycles. The number of alkyl halides is 3. The van der Waals surface area contributed by atoms with E-state index >= 15 is 0 Å². The van der Waals surface area contributed by atoms with Crippen molar-refractivity contribution in [1.29, 1.82) is 0 Å². The molecule has 0 aliphatic rings. The average molecular weight is 304 g/mol. The van der Waals surface area contributed by atoms with E-state index in [1.807, 2.05) is 12.1 Å². The zero-order chi connectivity index (χ0) is 15.9. The zero-order valence-corrected chi connectivity index (χ0v) is 12.4. The number of rotatable bonds is 8. The highest BCUT2D eigenvalue weighted by molar-refractivity contribution is 5.25. The summed E-state index contributed by atoms with van der Waals surface area (Å²) in [4.78, 5) is 0. The molecule has 0 saturated heterocycles. The van der Waals surface area contributed by atoms with Crippen molar-refractivity contribution in [3.05, 3.63) is 35.4 Å². The first kappa shape index (κ1) is 17.9. The molecule has 3 N–H and O–H groups in total. The Bertz CT molecular complexity index is 404. The standard InChI is InChI=1S/C15H23F3N2O/c1-11(2)13-5-3-12(4-6-13)9-14(20-19)7-8-21-10-15(16,17)18/h3-6,11,14,20H,7-10,19H2,1-2H3. The molecule has 0 saturated carbocycles. The summed E-state index contributed by atoms with van der Waals surface area (Å²) in [6, 6.07) is 8.07. The molecule has 1 rings (SSSR count). The highest BCUT2D eigenvalue weighted by Gasteiger charge is 2.27. The van der Waals surface area contributed by atoms with Gasteiger partial charge in [-0.3, -0.25) is 11.3 Å². The van der Waals surface area contributed by atoms with Gasteiger partial charge in [0.15, 0.2) is 0 Å². The minimum atomic E-state index is -4.28. The predicted molar refractivity (Wildman–Crippen MR) is 76.8 cm³/mol. The zero-order valence-electron chi connectivity index (χ0n) is 12.4. The van der Waals surface area contributed by atoms with Crippen molar-refractivity contribution in [2.24, 2.45) is 5.84 Å². The SMILES string of the molecule is CC(C)c1ccc(CC(CCOCC(F)(F)F)NN)cc1. The molecule has 6 heteroatoms. The summed E-state index contributed by atoms with van der Waals surface area (Å²) in [5.41, 5.74) is 4.97. The number of halogens is 3. The molecule has 0 amide bonds. The van der Waals surface area contributed by atoms with Gasteiger partial charge in [0, 0.05) is 12.6 Å². The van der Waals surface area contributed by atoms with Gasteiger partial charge in [-0.1, -0.05) is 38.1 Å². The number of hydrogen-bond acceptors (Lipinski definition) is 3. The molecule has 0 radical (unpaired) electrons. The second kappa shape index (κ2) is 8.36. The third-order valence-electron chi connectivity index (χ3n) is 3.24. The minimum Gasteiger partial charge on any atom is -0.372 e. The Hall–Kier alpha value is -1.11. The van der Waals surface area contributed by atoms with Crippen molar-refractivity contribution in [3.8, 4) is 0 Å². The van der Waals surface area contributed by atoms with Gasteiger partial charge in [0.05, 0.1) is 0 Å². The lowest BCUT2D eigenvalue weighted by molar-refractivity contribution is -0.174. The lowest BCUT2D eigenvalue weighted by Gasteiger charge is -2.17. The van der Waals surface area contributed by atoms with Crippen molar-refractivity contribution >= 4 is 0 Å². The van der Waals surface area contributed by atoms with Gasteiger partial charge in [0.2, 0.25) is 0 Å². The lowest BCUT2D eigenvalue weighted by Crippen LogP contribution is -2.37. The van der Waals surface area contributed by atoms with E-state index in [4.69, 9.17) is 5.84 Å². The summed E-state index contributed by atoms with van der Waals surface area (Å²) < 4.78 is 40.4. The maximum atomic E-state index is 11.9. The van der Waals surface area contributed by atoms with E-state index in [0.717, 1.165) is 5.56 Å². The first-order valence-electron chi connectivity index (χ1n) is 7.01. The third kappa shape index (κ3) is 7.45. The molecule has 21 heavy (non-hydrogen) atoms. The number of nitrogens with two attached hydrogens (primary N) is 1. The maximum Gasteiger partial charge on any atom is 0.411 e. The smallest absolute Gasteiger partial charge is 0.372 e. The van der Waals surface area contributed by atoms with Crippen LogP contribution in [0.4, 0.5) is 13.2 Å². The van der Waals surface area contributed by atoms with E-state index in [1.54, 1.807) is 0 Å². The van der Waals surface area contributed by atoms with Gasteiger partial charge < -0.3 is 4.74 Å². The quantitative estimate of drug-likeness (QED) is 0.440. The summed E-state index contributed by atoms with van der Waals surface area (Å²) in [6.07, 6.45) is -3.19. The monoisotopic (exact) mass is 304 g/mol. The van der Waals surface area contributed by atoms with Gasteiger partial charge in [-0.15, -0.1) is 0 Å². The molecule has 0 aliphatic heterocycles. The highest BCUT2D eigenvalue weighted by Crippen LogP contribution is 2.17. The summed E-state index contributed by atoms with van der Waals surface area (Å²) in [7, 11) is 0. The van der Waals surface area contributed by atoms with Crippen LogP contribution in [-0.2, 0) is 11.2 Å². The van der Waals surface area contributed by atoms with E-state index in [0.29, 0.717) is 18.8 Å². The molecule has 3 nitrogen and oxygen atoms in total. The molecule has 0 aromatic heterocycles. The summed E-state index contributed by atoms with van der Waals surface area (Å²) in [5.74, 6) is 5.91. The van der Waals surface area contributed by atoms with E-state index in [2.05, 4.69) is 36.1 Å². The molecule has 0 heterocycles. The largest absolute Gasteiger partial charge is 0.411 e. The van der Waals surface area contributed by atoms with Gasteiger partial charge >= 0.3 is 6.18 Å². The molecule has 1 aromatic carbocycles. The molecule has 120 valence electrons. The Kier molecular flexibility index (Phi) is 7.14. The van der Waals surface area contributed by atoms with Crippen molar-refractivity contribution in [2.75, 3.05) is 13.2 Å². The number of hydrogen-bond donors (Lipinski definition) is 2. The predicted octanol–water partition coefficient (Wildman–Crippen LogP) is 3.15. The van der Waals surface area contributed by atoms with Gasteiger partial charge in [-0.2, -0.15) is 13.2 Å². The third-order valence-corrected chi connectivity index (χ3v) is 3.24. The Balaban J connectivity index is 2.39. The van der Waals surface area contributed by atoms with E-state index in [1.165, 1.54) is 5.56 Å². The summed E-state index contributed by atoms with van der Waals surface area (Å²) in [5, 5.41) is 0. The van der Waals surface area contributed by atoms with Crippen LogP contribution in [0, 0.1) is 0 Å². The number of hydrazine groups is 1. The van der Waals surface area contributed by atoms with Crippen molar-refractivity contribution < 1.29 is 17.9 Å². The van der Waals surface area contributed by atoms with Crippen molar-refractivity contribution in [2.45, 2.75) is 44.8 Å². The fourth-order valence-corrected chi connectivity index (χ4v) is 1.98. The van der Waals surface area contributed by atoms with Crippen LogP contribution >= 0.6 is 0 Å². The van der Waals surface area contributed by atoms with E-state index in [9.17, 15) is 13.2 Å². The van der Waals surface area contributed by atoms with Gasteiger partial charge in [-0.25, -0.2) is 0 Å². The Labute approximate surface area is 123 Å². The van der Waals surface area contributed by atoms with Crippen molar-refractivity contribution in [3.63, 3.8) is 0 Å². The fourth-order valence-electron chi connectivity index (χ4n) is 1.98. The van der Waals surface area contributed by atoms with Gasteiger partial charge in [-0.05, 0) is 29.9 Å². The van der Waals surface area contributed by atoms with Crippen LogP contribution in [0.5, 0.6) is 0 Å². The first-order valence-corrected chi connectivity index (χ1v) is 7.01. The number of nitrogens with one attached hydrogen (secondary N) is 1. The second-order valence-corrected chi connectivity index (χ2v) is 5.42. The molecule has 0 bridgehead atoms. The first-order chi connectivity index (χ1) is 9.81. The average Bonchev–Trinajstić information content (AvgIpc) is 2.41. The number of ether oxygens (including phenoxy) is 1. The van der Waals surface area contributed by atoms with E-state index < -0.39 is 12.8 Å². The molecule has 1 aromatic rings. The second-order valence-electron chi connectivity index (χ2n) is 5.42. The Morgan fingerprint density at radius 3 is 2.29 bits per heavy atom. The molecular formula is C15H23F3N2O. The Morgan fingerprint density at radius 1 is 1.19 bits per heavy atom. The summed E-state index contributed by atoms with van der Waals surface area (Å²) in [6.45, 7) is 3.06. The van der Waals surface area contributed by atoms with Gasteiger partial charge in [0.25, 0.3) is 0 Å². The van der Waals surface area contributed by atoms with Crippen LogP contribution in [0.3, 0.4) is 0 Å². The molecule has 1 atom stereocenters. The molecule has 0 spiro atoms. The van der Waals surface area contributed by atoms with Crippen LogP contribution in [0.2, 0.25) is 0 Å². The van der Waals surface area contributed by atoms with Crippen LogP contribution in [0.25, 0.3) is 0 Å². The van der Waals surface area contributed by atoms with Gasteiger partial charge in [0.1, 0.15) is 6.61 Å². The normalized spacial score (nSPS) is 13.7. The van der Waals surface area contributed by atoms with Crippen LogP contribution in [0.1, 0.15) is 37.3 Å². The maximum absolute atomic E-state index is 11.9. The fraction of sp³-hybridized carbons (Fsp3) is 0.600.